The summed E-state index contributed by atoms with van der Waals surface area (Å²) < 4.78 is 52.4. The van der Waals surface area contributed by atoms with Crippen LogP contribution in [0.5, 0.6) is 0 Å². The van der Waals surface area contributed by atoms with Gasteiger partial charge in [0.15, 0.2) is 11.0 Å². The van der Waals surface area contributed by atoms with Gasteiger partial charge in [-0.3, -0.25) is 4.79 Å². The SMILES string of the molecule is Cc1occc1-c1nnc(S[C@H](C)C(=O)Nc2cc(C(F)(F)F)ccc2N2CCOCC2)n1C. The first-order valence-electron chi connectivity index (χ1n) is 10.6. The Morgan fingerprint density at radius 3 is 2.59 bits per heavy atom. The minimum Gasteiger partial charge on any atom is -0.469 e. The Morgan fingerprint density at radius 2 is 1.94 bits per heavy atom. The highest BCUT2D eigenvalue weighted by atomic mass is 32.2. The lowest BCUT2D eigenvalue weighted by Crippen LogP contribution is -2.37. The first kappa shape index (κ1) is 24.1. The molecule has 0 radical (unpaired) electrons. The van der Waals surface area contributed by atoms with Crippen molar-refractivity contribution >= 4 is 29.0 Å². The third kappa shape index (κ3) is 5.07. The number of carbonyl (C=O) groups excluding carboxylic acids is 1. The molecule has 3 aromatic rings. The molecule has 1 N–H and O–H groups in total. The number of thioether (sulfide) groups is 1. The fourth-order valence-electron chi connectivity index (χ4n) is 3.61. The van der Waals surface area contributed by atoms with Gasteiger partial charge in [0, 0.05) is 20.1 Å². The average molecular weight is 496 g/mol. The highest BCUT2D eigenvalue weighted by Gasteiger charge is 2.32. The topological polar surface area (TPSA) is 85.4 Å². The van der Waals surface area contributed by atoms with Crippen molar-refractivity contribution in [3.05, 3.63) is 41.9 Å². The summed E-state index contributed by atoms with van der Waals surface area (Å²) in [7, 11) is 1.78. The molecule has 1 aromatic carbocycles. The fraction of sp³-hybridized carbons (Fsp3) is 0.409. The number of amides is 1. The van der Waals surface area contributed by atoms with E-state index in [0.717, 1.165) is 29.5 Å². The molecule has 3 heterocycles. The first-order chi connectivity index (χ1) is 16.1. The van der Waals surface area contributed by atoms with Gasteiger partial charge in [0.1, 0.15) is 5.76 Å². The van der Waals surface area contributed by atoms with Gasteiger partial charge < -0.3 is 23.9 Å². The van der Waals surface area contributed by atoms with Crippen molar-refractivity contribution in [3.63, 3.8) is 0 Å². The van der Waals surface area contributed by atoms with Crippen molar-refractivity contribution in [1.82, 2.24) is 14.8 Å². The van der Waals surface area contributed by atoms with Crippen LogP contribution in [-0.2, 0) is 22.8 Å². The molecule has 12 heteroatoms. The van der Waals surface area contributed by atoms with Gasteiger partial charge in [0.25, 0.3) is 0 Å². The lowest BCUT2D eigenvalue weighted by atomic mass is 10.1. The minimum atomic E-state index is -4.52. The summed E-state index contributed by atoms with van der Waals surface area (Å²) in [5, 5.41) is 10.9. The lowest BCUT2D eigenvalue weighted by Gasteiger charge is -2.31. The fourth-order valence-corrected chi connectivity index (χ4v) is 4.42. The van der Waals surface area contributed by atoms with Crippen LogP contribution in [0.2, 0.25) is 0 Å². The number of hydrogen-bond acceptors (Lipinski definition) is 7. The largest absolute Gasteiger partial charge is 0.469 e. The van der Waals surface area contributed by atoms with Crippen molar-refractivity contribution < 1.29 is 27.1 Å². The smallest absolute Gasteiger partial charge is 0.416 e. The van der Waals surface area contributed by atoms with Gasteiger partial charge in [0.2, 0.25) is 5.91 Å². The number of halogens is 3. The lowest BCUT2D eigenvalue weighted by molar-refractivity contribution is -0.137. The standard InChI is InChI=1S/C22H24F3N5O3S/c1-13-16(6-9-33-13)19-27-28-21(29(19)3)34-14(2)20(31)26-17-12-15(22(23,24)25)4-5-18(17)30-7-10-32-11-8-30/h4-6,9,12,14H,7-8,10-11H2,1-3H3,(H,26,31)/t14-/m1/s1. The molecular formula is C22H24F3N5O3S. The Kier molecular flexibility index (Phi) is 6.89. The molecule has 1 amide bonds. The summed E-state index contributed by atoms with van der Waals surface area (Å²) in [4.78, 5) is 14.9. The van der Waals surface area contributed by atoms with Crippen molar-refractivity contribution in [2.24, 2.45) is 7.05 Å². The number of morpholine rings is 1. The summed E-state index contributed by atoms with van der Waals surface area (Å²) in [5.74, 6) is 0.842. The highest BCUT2D eigenvalue weighted by molar-refractivity contribution is 8.00. The Morgan fingerprint density at radius 1 is 1.21 bits per heavy atom. The second kappa shape index (κ2) is 9.71. The molecule has 1 saturated heterocycles. The maximum atomic E-state index is 13.3. The van der Waals surface area contributed by atoms with Crippen LogP contribution < -0.4 is 10.2 Å². The molecule has 0 spiro atoms. The van der Waals surface area contributed by atoms with Crippen LogP contribution in [0.15, 0.2) is 40.1 Å². The van der Waals surface area contributed by atoms with Gasteiger partial charge in [-0.1, -0.05) is 11.8 Å². The summed E-state index contributed by atoms with van der Waals surface area (Å²) >= 11 is 1.16. The Bertz CT molecular complexity index is 1170. The molecule has 2 aromatic heterocycles. The van der Waals surface area contributed by atoms with E-state index < -0.39 is 22.9 Å². The van der Waals surface area contributed by atoms with Gasteiger partial charge in [-0.15, -0.1) is 10.2 Å². The Balaban J connectivity index is 1.53. The number of ether oxygens (including phenoxy) is 1. The predicted molar refractivity (Wildman–Crippen MR) is 122 cm³/mol. The van der Waals surface area contributed by atoms with Crippen LogP contribution in [0.4, 0.5) is 24.5 Å². The van der Waals surface area contributed by atoms with Crippen LogP contribution in [0, 0.1) is 6.92 Å². The molecule has 0 saturated carbocycles. The number of furan rings is 1. The molecule has 1 atom stereocenters. The van der Waals surface area contributed by atoms with E-state index in [-0.39, 0.29) is 5.69 Å². The average Bonchev–Trinajstić information content (AvgIpc) is 3.38. The van der Waals surface area contributed by atoms with E-state index >= 15 is 0 Å². The number of anilines is 2. The van der Waals surface area contributed by atoms with Crippen LogP contribution in [-0.4, -0.2) is 52.2 Å². The summed E-state index contributed by atoms with van der Waals surface area (Å²) in [5.41, 5.74) is 0.603. The minimum absolute atomic E-state index is 0.113. The molecule has 182 valence electrons. The quantitative estimate of drug-likeness (QED) is 0.509. The maximum absolute atomic E-state index is 13.3. The number of rotatable bonds is 6. The number of aryl methyl sites for hydroxylation is 1. The van der Waals surface area contributed by atoms with Crippen LogP contribution >= 0.6 is 11.8 Å². The zero-order valence-corrected chi connectivity index (χ0v) is 19.7. The van der Waals surface area contributed by atoms with Gasteiger partial charge in [-0.05, 0) is 38.1 Å². The third-order valence-electron chi connectivity index (χ3n) is 5.52. The highest BCUT2D eigenvalue weighted by Crippen LogP contribution is 2.36. The normalized spacial score (nSPS) is 15.4. The number of nitrogens with one attached hydrogen (secondary N) is 1. The van der Waals surface area contributed by atoms with E-state index in [9.17, 15) is 18.0 Å². The number of benzene rings is 1. The summed E-state index contributed by atoms with van der Waals surface area (Å²) in [6.45, 7) is 5.45. The van der Waals surface area contributed by atoms with Crippen molar-refractivity contribution in [1.29, 1.82) is 0 Å². The van der Waals surface area contributed by atoms with E-state index in [4.69, 9.17) is 9.15 Å². The molecule has 0 unspecified atom stereocenters. The number of aromatic nitrogens is 3. The first-order valence-corrected chi connectivity index (χ1v) is 11.5. The number of nitrogens with zero attached hydrogens (tertiary/aromatic N) is 4. The molecule has 1 fully saturated rings. The molecule has 8 nitrogen and oxygen atoms in total. The van der Waals surface area contributed by atoms with Gasteiger partial charge in [-0.2, -0.15) is 13.2 Å². The van der Waals surface area contributed by atoms with Gasteiger partial charge in [0.05, 0.1) is 47.2 Å². The second-order valence-electron chi connectivity index (χ2n) is 7.83. The van der Waals surface area contributed by atoms with E-state index in [1.54, 1.807) is 30.9 Å². The van der Waals surface area contributed by atoms with Crippen molar-refractivity contribution in [3.8, 4) is 11.4 Å². The Hall–Kier alpha value is -2.99. The van der Waals surface area contributed by atoms with Crippen molar-refractivity contribution in [2.45, 2.75) is 30.4 Å². The molecule has 1 aliphatic rings. The van der Waals surface area contributed by atoms with E-state index in [2.05, 4.69) is 15.5 Å². The van der Waals surface area contributed by atoms with Gasteiger partial charge in [-0.25, -0.2) is 0 Å². The molecule has 1 aliphatic heterocycles. The number of alkyl halides is 3. The van der Waals surface area contributed by atoms with Gasteiger partial charge >= 0.3 is 6.18 Å². The summed E-state index contributed by atoms with van der Waals surface area (Å²) in [6, 6.07) is 5.17. The molecular weight excluding hydrogens is 471 g/mol. The second-order valence-corrected chi connectivity index (χ2v) is 9.14. The number of carbonyl (C=O) groups is 1. The monoisotopic (exact) mass is 495 g/mol. The zero-order valence-electron chi connectivity index (χ0n) is 18.8. The van der Waals surface area contributed by atoms with Crippen LogP contribution in [0.25, 0.3) is 11.4 Å². The zero-order chi connectivity index (χ0) is 24.5. The maximum Gasteiger partial charge on any atom is 0.416 e. The Labute approximate surface area is 198 Å². The number of hydrogen-bond donors (Lipinski definition) is 1. The van der Waals surface area contributed by atoms with E-state index in [1.807, 2.05) is 11.8 Å². The molecule has 4 rings (SSSR count). The van der Waals surface area contributed by atoms with Crippen molar-refractivity contribution in [2.75, 3.05) is 36.5 Å². The molecule has 34 heavy (non-hydrogen) atoms. The van der Waals surface area contributed by atoms with E-state index in [0.29, 0.717) is 48.7 Å². The van der Waals surface area contributed by atoms with E-state index in [1.165, 1.54) is 6.07 Å². The third-order valence-corrected chi connectivity index (χ3v) is 6.65. The molecule has 0 aliphatic carbocycles. The van der Waals surface area contributed by atoms with Crippen LogP contribution in [0.1, 0.15) is 18.2 Å². The summed E-state index contributed by atoms with van der Waals surface area (Å²) in [6.07, 6.45) is -2.97. The van der Waals surface area contributed by atoms with Crippen LogP contribution in [0.3, 0.4) is 0 Å². The molecule has 0 bridgehead atoms. The predicted octanol–water partition coefficient (Wildman–Crippen LogP) is 4.36.